The lowest BCUT2D eigenvalue weighted by Gasteiger charge is -2.17. The zero-order valence-electron chi connectivity index (χ0n) is 21.0. The monoisotopic (exact) mass is 573 g/mol. The van der Waals surface area contributed by atoms with Crippen molar-refractivity contribution in [3.8, 4) is 0 Å². The van der Waals surface area contributed by atoms with Crippen LogP contribution in [0.4, 0.5) is 17.1 Å². The topological polar surface area (TPSA) is 183 Å². The predicted octanol–water partition coefficient (Wildman–Crippen LogP) is 3.45. The number of unbranched alkanes of at least 4 members (excludes halogenated alkanes) is 1. The van der Waals surface area contributed by atoms with Gasteiger partial charge in [0.15, 0.2) is 0 Å². The molecule has 15 heteroatoms. The maximum atomic E-state index is 12.5. The average Bonchev–Trinajstić information content (AvgIpc) is 3.38. The van der Waals surface area contributed by atoms with Gasteiger partial charge in [-0.15, -0.1) is 0 Å². The van der Waals surface area contributed by atoms with Crippen molar-refractivity contribution in [2.75, 3.05) is 25.5 Å². The van der Waals surface area contributed by atoms with Crippen molar-refractivity contribution < 1.29 is 29.0 Å². The molecule has 13 nitrogen and oxygen atoms in total. The van der Waals surface area contributed by atoms with Crippen LogP contribution in [0.15, 0.2) is 28.8 Å². The molecule has 1 fully saturated rings. The van der Waals surface area contributed by atoms with Gasteiger partial charge >= 0.3 is 5.97 Å². The van der Waals surface area contributed by atoms with Crippen LogP contribution in [0, 0.1) is 37.5 Å². The summed E-state index contributed by atoms with van der Waals surface area (Å²) in [5, 5.41) is 30.0. The average molecular weight is 574 g/mol. The van der Waals surface area contributed by atoms with E-state index >= 15 is 0 Å². The van der Waals surface area contributed by atoms with E-state index in [1.165, 1.54) is 7.11 Å². The second kappa shape index (κ2) is 13.4. The summed E-state index contributed by atoms with van der Waals surface area (Å²) in [4.78, 5) is 57.8. The van der Waals surface area contributed by atoms with Crippen LogP contribution < -0.4 is 16.0 Å². The summed E-state index contributed by atoms with van der Waals surface area (Å²) in [6.45, 7) is 3.64. The Morgan fingerprint density at radius 3 is 2.42 bits per heavy atom. The third-order valence-electron chi connectivity index (χ3n) is 6.37. The van der Waals surface area contributed by atoms with Crippen LogP contribution in [-0.2, 0) is 19.1 Å². The number of hydrogen-bond donors (Lipinski definition) is 3. The van der Waals surface area contributed by atoms with Crippen LogP contribution in [0.3, 0.4) is 0 Å². The van der Waals surface area contributed by atoms with Crippen LogP contribution in [-0.4, -0.2) is 53.9 Å². The molecule has 0 heterocycles. The van der Waals surface area contributed by atoms with Gasteiger partial charge in [-0.05, 0) is 36.7 Å². The highest BCUT2D eigenvalue weighted by atomic mass is 35.5. The number of nitrogens with one attached hydrogen (secondary N) is 3. The first-order chi connectivity index (χ1) is 17.8. The Kier molecular flexibility index (Phi) is 10.8. The third kappa shape index (κ3) is 8.28. The van der Waals surface area contributed by atoms with Crippen molar-refractivity contribution in [1.29, 1.82) is 0 Å². The molecule has 3 N–H and O–H groups in total. The van der Waals surface area contributed by atoms with E-state index in [1.807, 2.05) is 13.8 Å². The lowest BCUT2D eigenvalue weighted by Crippen LogP contribution is -2.46. The number of rotatable bonds is 14. The summed E-state index contributed by atoms with van der Waals surface area (Å²) in [5.74, 6) is -2.14. The number of carbonyl (C=O) groups excluding carboxylic acids is 3. The van der Waals surface area contributed by atoms with Gasteiger partial charge in [0.2, 0.25) is 11.8 Å². The second-order valence-electron chi connectivity index (χ2n) is 9.28. The van der Waals surface area contributed by atoms with Gasteiger partial charge in [-0.25, -0.2) is 4.79 Å². The number of methoxy groups -OCH3 is 1. The zero-order valence-corrected chi connectivity index (χ0v) is 22.5. The fourth-order valence-corrected chi connectivity index (χ4v) is 4.45. The van der Waals surface area contributed by atoms with E-state index in [4.69, 9.17) is 27.9 Å². The Morgan fingerprint density at radius 1 is 1.16 bits per heavy atom. The summed E-state index contributed by atoms with van der Waals surface area (Å²) >= 11 is 11.4. The van der Waals surface area contributed by atoms with E-state index in [-0.39, 0.29) is 58.3 Å². The molecule has 1 aliphatic carbocycles. The fraction of sp³-hybridized carbons (Fsp3) is 0.522. The van der Waals surface area contributed by atoms with Crippen molar-refractivity contribution in [2.45, 2.75) is 39.2 Å². The molecular formula is C23H29Cl2N5O8. The SMILES string of the molecule is COC(=O)C(CCCCNc1cc([N+](=O)[O-])ccc1[N+](=O)[O-])NC(=O)CNC(=O)[C@H]1[C@H](C=C(Cl)Cl)C1(C)C. The molecule has 0 spiro atoms. The maximum Gasteiger partial charge on any atom is 0.328 e. The number of halogens is 2. The first-order valence-corrected chi connectivity index (χ1v) is 12.4. The number of esters is 1. The smallest absolute Gasteiger partial charge is 0.328 e. The van der Waals surface area contributed by atoms with Gasteiger partial charge in [-0.2, -0.15) is 0 Å². The number of non-ortho nitro benzene ring substituents is 1. The van der Waals surface area contributed by atoms with Gasteiger partial charge in [0.05, 0.1) is 29.4 Å². The van der Waals surface area contributed by atoms with Crippen LogP contribution in [0.1, 0.15) is 33.1 Å². The first-order valence-electron chi connectivity index (χ1n) is 11.6. The van der Waals surface area contributed by atoms with E-state index < -0.39 is 33.7 Å². The molecule has 0 saturated heterocycles. The Hall–Kier alpha value is -3.45. The summed E-state index contributed by atoms with van der Waals surface area (Å²) < 4.78 is 4.81. The Bertz CT molecular complexity index is 1120. The first kappa shape index (κ1) is 30.8. The zero-order chi connectivity index (χ0) is 28.6. The number of nitrogens with zero attached hydrogens (tertiary/aromatic N) is 2. The van der Waals surface area contributed by atoms with Crippen molar-refractivity contribution in [2.24, 2.45) is 17.3 Å². The highest BCUT2D eigenvalue weighted by Gasteiger charge is 2.60. The Balaban J connectivity index is 1.84. The number of hydrogen-bond acceptors (Lipinski definition) is 9. The van der Waals surface area contributed by atoms with Gasteiger partial charge < -0.3 is 20.7 Å². The van der Waals surface area contributed by atoms with E-state index in [9.17, 15) is 34.6 Å². The van der Waals surface area contributed by atoms with Crippen molar-refractivity contribution in [3.05, 3.63) is 49.0 Å². The number of carbonyl (C=O) groups is 3. The lowest BCUT2D eigenvalue weighted by atomic mass is 10.1. The molecule has 38 heavy (non-hydrogen) atoms. The van der Waals surface area contributed by atoms with E-state index in [0.29, 0.717) is 12.8 Å². The van der Waals surface area contributed by atoms with E-state index in [1.54, 1.807) is 6.08 Å². The highest BCUT2D eigenvalue weighted by Crippen LogP contribution is 2.59. The largest absolute Gasteiger partial charge is 0.467 e. The molecule has 3 atom stereocenters. The molecule has 0 bridgehead atoms. The number of ether oxygens (including phenoxy) is 1. The number of anilines is 1. The summed E-state index contributed by atoms with van der Waals surface area (Å²) in [6.07, 6.45) is 2.62. The minimum atomic E-state index is -0.973. The molecule has 1 aromatic rings. The number of benzene rings is 1. The Labute approximate surface area is 228 Å². The van der Waals surface area contributed by atoms with Crippen LogP contribution >= 0.6 is 23.2 Å². The minimum Gasteiger partial charge on any atom is -0.467 e. The molecule has 1 aromatic carbocycles. The number of nitro groups is 2. The maximum absolute atomic E-state index is 12.5. The van der Waals surface area contributed by atoms with Crippen LogP contribution in [0.2, 0.25) is 0 Å². The van der Waals surface area contributed by atoms with Gasteiger partial charge in [0.25, 0.3) is 11.4 Å². The normalized spacial score (nSPS) is 17.9. The predicted molar refractivity (Wildman–Crippen MR) is 140 cm³/mol. The Morgan fingerprint density at radius 2 is 1.84 bits per heavy atom. The van der Waals surface area contributed by atoms with Gasteiger partial charge in [-0.3, -0.25) is 29.8 Å². The van der Waals surface area contributed by atoms with E-state index in [2.05, 4.69) is 16.0 Å². The molecule has 1 unspecified atom stereocenters. The van der Waals surface area contributed by atoms with Gasteiger partial charge in [0, 0.05) is 24.7 Å². The molecule has 2 amide bonds. The minimum absolute atomic E-state index is 0.00245. The van der Waals surface area contributed by atoms with Crippen LogP contribution in [0.25, 0.3) is 0 Å². The molecule has 208 valence electrons. The number of nitro benzene ring substituents is 2. The van der Waals surface area contributed by atoms with E-state index in [0.717, 1.165) is 18.2 Å². The highest BCUT2D eigenvalue weighted by molar-refractivity contribution is 6.55. The van der Waals surface area contributed by atoms with Gasteiger partial charge in [-0.1, -0.05) is 37.0 Å². The van der Waals surface area contributed by atoms with Gasteiger partial charge in [0.1, 0.15) is 16.2 Å². The molecule has 0 radical (unpaired) electrons. The standard InChI is InChI=1S/C23H29Cl2N5O8/c1-23(2)14(11-18(24)25)20(23)21(32)27-12-19(31)28-15(22(33)38-3)6-4-5-9-26-16-10-13(29(34)35)7-8-17(16)30(36)37/h7-8,10-11,14-15,20,26H,4-6,9,12H2,1-3H3,(H,27,32)(H,28,31)/t14-,15?,20+/m0/s1. The second-order valence-corrected chi connectivity index (χ2v) is 10.3. The summed E-state index contributed by atoms with van der Waals surface area (Å²) in [5.41, 5.74) is -0.954. The van der Waals surface area contributed by atoms with Crippen molar-refractivity contribution in [3.63, 3.8) is 0 Å². The third-order valence-corrected chi connectivity index (χ3v) is 6.62. The quantitative estimate of drug-likeness (QED) is 0.130. The molecule has 0 aliphatic heterocycles. The summed E-state index contributed by atoms with van der Waals surface area (Å²) in [6, 6.07) is 2.21. The van der Waals surface area contributed by atoms with Crippen molar-refractivity contribution in [1.82, 2.24) is 10.6 Å². The number of amides is 2. The van der Waals surface area contributed by atoms with Crippen LogP contribution in [0.5, 0.6) is 0 Å². The molecule has 1 saturated carbocycles. The van der Waals surface area contributed by atoms with Crippen molar-refractivity contribution >= 4 is 58.0 Å². The molecule has 0 aromatic heterocycles. The number of allylic oxidation sites excluding steroid dienone is 1. The molecular weight excluding hydrogens is 545 g/mol. The summed E-state index contributed by atoms with van der Waals surface area (Å²) in [7, 11) is 1.18. The lowest BCUT2D eigenvalue weighted by molar-refractivity contribution is -0.388. The molecule has 1 aliphatic rings. The molecule has 2 rings (SSSR count). The fourth-order valence-electron chi connectivity index (χ4n) is 4.17.